The highest BCUT2D eigenvalue weighted by Gasteiger charge is 2.22. The van der Waals surface area contributed by atoms with Gasteiger partial charge >= 0.3 is 0 Å². The summed E-state index contributed by atoms with van der Waals surface area (Å²) in [6.45, 7) is 9.06. The number of carbonyl (C=O) groups is 1. The van der Waals surface area contributed by atoms with Crippen molar-refractivity contribution in [1.82, 2.24) is 24.5 Å². The van der Waals surface area contributed by atoms with E-state index in [1.165, 1.54) is 0 Å². The van der Waals surface area contributed by atoms with E-state index in [2.05, 4.69) is 41.0 Å². The van der Waals surface area contributed by atoms with Crippen molar-refractivity contribution in [2.24, 2.45) is 5.92 Å². The highest BCUT2D eigenvalue weighted by molar-refractivity contribution is 5.87. The third-order valence-electron chi connectivity index (χ3n) is 6.56. The number of piperazine rings is 1. The molecular weight excluding hydrogens is 450 g/mol. The normalized spacial score (nSPS) is 13.9. The fraction of sp³-hybridized carbons (Fsp3) is 0.321. The van der Waals surface area contributed by atoms with E-state index in [4.69, 9.17) is 4.98 Å². The Balaban J connectivity index is 1.43. The number of aryl methyl sites for hydroxylation is 1. The first-order valence-corrected chi connectivity index (χ1v) is 12.3. The number of nitriles is 1. The van der Waals surface area contributed by atoms with Gasteiger partial charge in [0.15, 0.2) is 0 Å². The molecule has 182 valence electrons. The highest BCUT2D eigenvalue weighted by Crippen LogP contribution is 2.32. The van der Waals surface area contributed by atoms with Gasteiger partial charge in [-0.15, -0.1) is 0 Å². The summed E-state index contributed by atoms with van der Waals surface area (Å²) in [5.41, 5.74) is 6.06. The smallest absolute Gasteiger partial charge is 0.222 e. The molecule has 0 saturated carbocycles. The minimum Gasteiger partial charge on any atom is -0.353 e. The summed E-state index contributed by atoms with van der Waals surface area (Å²) in [6.07, 6.45) is 7.79. The summed E-state index contributed by atoms with van der Waals surface area (Å²) in [5, 5.41) is 14.1. The van der Waals surface area contributed by atoms with Gasteiger partial charge in [0.25, 0.3) is 0 Å². The van der Waals surface area contributed by atoms with Crippen molar-refractivity contribution in [2.75, 3.05) is 31.1 Å². The van der Waals surface area contributed by atoms with E-state index in [9.17, 15) is 10.1 Å². The lowest BCUT2D eigenvalue weighted by atomic mass is 10.00. The molecule has 5 heterocycles. The molecular formula is C28H29N7O. The number of anilines is 1. The first-order chi connectivity index (χ1) is 17.4. The van der Waals surface area contributed by atoms with E-state index < -0.39 is 0 Å². The molecule has 1 aliphatic heterocycles. The number of pyridine rings is 3. The Morgan fingerprint density at radius 3 is 2.50 bits per heavy atom. The molecule has 36 heavy (non-hydrogen) atoms. The third-order valence-corrected chi connectivity index (χ3v) is 6.56. The zero-order valence-corrected chi connectivity index (χ0v) is 20.8. The van der Waals surface area contributed by atoms with Crippen molar-refractivity contribution in [3.05, 3.63) is 66.4 Å². The molecule has 0 spiro atoms. The monoisotopic (exact) mass is 479 g/mol. The van der Waals surface area contributed by atoms with Crippen molar-refractivity contribution in [1.29, 1.82) is 5.26 Å². The van der Waals surface area contributed by atoms with Gasteiger partial charge in [0.1, 0.15) is 11.9 Å². The second kappa shape index (κ2) is 9.78. The second-order valence-corrected chi connectivity index (χ2v) is 9.66. The summed E-state index contributed by atoms with van der Waals surface area (Å²) in [6, 6.07) is 12.4. The third kappa shape index (κ3) is 4.65. The summed E-state index contributed by atoms with van der Waals surface area (Å²) in [4.78, 5) is 25.6. The van der Waals surface area contributed by atoms with Crippen molar-refractivity contribution in [2.45, 2.75) is 27.2 Å². The quantitative estimate of drug-likeness (QED) is 0.423. The average molecular weight is 480 g/mol. The van der Waals surface area contributed by atoms with Crippen LogP contribution in [0.5, 0.6) is 0 Å². The van der Waals surface area contributed by atoms with Gasteiger partial charge in [0, 0.05) is 73.6 Å². The Morgan fingerprint density at radius 2 is 1.83 bits per heavy atom. The lowest BCUT2D eigenvalue weighted by Gasteiger charge is -2.35. The fourth-order valence-electron chi connectivity index (χ4n) is 4.70. The SMILES string of the molecule is Cc1cc(-c2cc(-c3ccc(N4CCN(C(=O)CC(C)C)CC4)nc3)c3c(C#N)cnn3c2)ccn1. The highest BCUT2D eigenvalue weighted by atomic mass is 16.2. The molecule has 4 aromatic rings. The average Bonchev–Trinajstić information content (AvgIpc) is 3.31. The first-order valence-electron chi connectivity index (χ1n) is 12.3. The predicted molar refractivity (Wildman–Crippen MR) is 139 cm³/mol. The molecule has 0 atom stereocenters. The van der Waals surface area contributed by atoms with E-state index in [1.54, 1.807) is 16.9 Å². The second-order valence-electron chi connectivity index (χ2n) is 9.66. The number of nitrogens with zero attached hydrogens (tertiary/aromatic N) is 7. The first kappa shape index (κ1) is 23.5. The van der Waals surface area contributed by atoms with Gasteiger partial charge in [-0.2, -0.15) is 10.4 Å². The van der Waals surface area contributed by atoms with E-state index in [-0.39, 0.29) is 5.91 Å². The minimum atomic E-state index is 0.232. The van der Waals surface area contributed by atoms with E-state index >= 15 is 0 Å². The Morgan fingerprint density at radius 1 is 1.03 bits per heavy atom. The molecule has 1 fully saturated rings. The van der Waals surface area contributed by atoms with E-state index in [1.807, 2.05) is 48.5 Å². The summed E-state index contributed by atoms with van der Waals surface area (Å²) in [7, 11) is 0. The summed E-state index contributed by atoms with van der Waals surface area (Å²) < 4.78 is 1.76. The Kier molecular flexibility index (Phi) is 6.38. The number of amides is 1. The van der Waals surface area contributed by atoms with Crippen molar-refractivity contribution < 1.29 is 4.79 Å². The molecule has 5 rings (SSSR count). The molecule has 1 amide bonds. The number of aromatic nitrogens is 4. The van der Waals surface area contributed by atoms with Crippen LogP contribution < -0.4 is 4.90 Å². The van der Waals surface area contributed by atoms with Crippen molar-refractivity contribution >= 4 is 17.2 Å². The molecule has 4 aromatic heterocycles. The number of hydrogen-bond acceptors (Lipinski definition) is 6. The van der Waals surface area contributed by atoms with Crippen LogP contribution in [0.25, 0.3) is 27.8 Å². The zero-order chi connectivity index (χ0) is 25.2. The van der Waals surface area contributed by atoms with Gasteiger partial charge in [-0.1, -0.05) is 13.8 Å². The van der Waals surface area contributed by atoms with Crippen LogP contribution in [0.1, 0.15) is 31.5 Å². The van der Waals surface area contributed by atoms with Crippen LogP contribution in [0.2, 0.25) is 0 Å². The molecule has 8 nitrogen and oxygen atoms in total. The molecule has 0 bridgehead atoms. The van der Waals surface area contributed by atoms with Crippen LogP contribution in [-0.4, -0.2) is 56.6 Å². The molecule has 8 heteroatoms. The fourth-order valence-corrected chi connectivity index (χ4v) is 4.70. The summed E-state index contributed by atoms with van der Waals surface area (Å²) >= 11 is 0. The van der Waals surface area contributed by atoms with Gasteiger partial charge in [0.2, 0.25) is 5.91 Å². The maximum absolute atomic E-state index is 12.4. The Bertz CT molecular complexity index is 1440. The Hall–Kier alpha value is -4.25. The lowest BCUT2D eigenvalue weighted by Crippen LogP contribution is -2.49. The van der Waals surface area contributed by atoms with Crippen LogP contribution in [0.3, 0.4) is 0 Å². The van der Waals surface area contributed by atoms with Gasteiger partial charge in [-0.3, -0.25) is 9.78 Å². The summed E-state index contributed by atoms with van der Waals surface area (Å²) in [5.74, 6) is 1.49. The molecule has 0 unspecified atom stereocenters. The van der Waals surface area contributed by atoms with Gasteiger partial charge < -0.3 is 9.80 Å². The van der Waals surface area contributed by atoms with Gasteiger partial charge in [-0.25, -0.2) is 9.50 Å². The van der Waals surface area contributed by atoms with Crippen LogP contribution >= 0.6 is 0 Å². The lowest BCUT2D eigenvalue weighted by molar-refractivity contribution is -0.132. The molecule has 1 saturated heterocycles. The standard InChI is InChI=1S/C28H29N7O/c1-19(2)12-27(36)34-10-8-33(9-11-34)26-5-4-22(16-31-26)25-14-23(21-6-7-30-20(3)13-21)18-35-28(25)24(15-29)17-32-35/h4-7,13-14,16-19H,8-12H2,1-3H3. The van der Waals surface area contributed by atoms with Crippen LogP contribution in [0.4, 0.5) is 5.82 Å². The largest absolute Gasteiger partial charge is 0.353 e. The topological polar surface area (TPSA) is 90.4 Å². The molecule has 0 aromatic carbocycles. The number of hydrogen-bond donors (Lipinski definition) is 0. The maximum atomic E-state index is 12.4. The van der Waals surface area contributed by atoms with Crippen molar-refractivity contribution in [3.63, 3.8) is 0 Å². The van der Waals surface area contributed by atoms with Crippen molar-refractivity contribution in [3.8, 4) is 28.3 Å². The van der Waals surface area contributed by atoms with Crippen LogP contribution in [0.15, 0.2) is 55.1 Å². The molecule has 1 aliphatic rings. The molecule has 0 aliphatic carbocycles. The number of carbonyl (C=O) groups excluding carboxylic acids is 1. The molecule has 0 radical (unpaired) electrons. The zero-order valence-electron chi connectivity index (χ0n) is 20.8. The van der Waals surface area contributed by atoms with Crippen LogP contribution in [-0.2, 0) is 4.79 Å². The van der Waals surface area contributed by atoms with E-state index in [0.29, 0.717) is 31.0 Å². The molecule has 0 N–H and O–H groups in total. The van der Waals surface area contributed by atoms with Gasteiger partial charge in [0.05, 0.1) is 17.3 Å². The number of fused-ring (bicyclic) bond motifs is 1. The maximum Gasteiger partial charge on any atom is 0.222 e. The predicted octanol–water partition coefficient (Wildman–Crippen LogP) is 4.33. The van der Waals surface area contributed by atoms with E-state index in [0.717, 1.165) is 52.4 Å². The Labute approximate surface area is 210 Å². The minimum absolute atomic E-state index is 0.232. The van der Waals surface area contributed by atoms with Gasteiger partial charge in [-0.05, 0) is 48.7 Å². The number of rotatable bonds is 5. The van der Waals surface area contributed by atoms with Crippen LogP contribution in [0, 0.1) is 24.2 Å².